The van der Waals surface area contributed by atoms with Crippen LogP contribution in [0.3, 0.4) is 0 Å². The fraction of sp³-hybridized carbons (Fsp3) is 0.467. The van der Waals surface area contributed by atoms with E-state index in [0.717, 1.165) is 35.7 Å². The summed E-state index contributed by atoms with van der Waals surface area (Å²) in [7, 11) is 0. The Bertz CT molecular complexity index is 496. The van der Waals surface area contributed by atoms with Crippen molar-refractivity contribution in [3.8, 4) is 0 Å². The van der Waals surface area contributed by atoms with Crippen LogP contribution in [0.15, 0.2) is 23.3 Å². The molecule has 20 heavy (non-hydrogen) atoms. The molecule has 5 heteroatoms. The Hall–Kier alpha value is -1.33. The molecule has 1 saturated heterocycles. The Balaban J connectivity index is 1.83. The summed E-state index contributed by atoms with van der Waals surface area (Å²) in [5.41, 5.74) is 6.03. The van der Waals surface area contributed by atoms with Crippen LogP contribution in [0.2, 0.25) is 0 Å². The lowest BCUT2D eigenvalue weighted by Crippen LogP contribution is -3.14. The fourth-order valence-corrected chi connectivity index (χ4v) is 3.25. The molecule has 2 N–H and O–H groups in total. The van der Waals surface area contributed by atoms with Crippen LogP contribution in [-0.4, -0.2) is 43.3 Å². The second-order valence-corrected chi connectivity index (χ2v) is 6.42. The van der Waals surface area contributed by atoms with Crippen LogP contribution in [0, 0.1) is 13.8 Å². The molecule has 0 aromatic heterocycles. The maximum atomic E-state index is 11.8. The summed E-state index contributed by atoms with van der Waals surface area (Å²) in [6.07, 6.45) is 1.72. The van der Waals surface area contributed by atoms with E-state index in [0.29, 0.717) is 6.54 Å². The van der Waals surface area contributed by atoms with E-state index in [1.54, 1.807) is 6.21 Å². The molecule has 1 heterocycles. The van der Waals surface area contributed by atoms with Crippen LogP contribution >= 0.6 is 11.8 Å². The number of aryl methyl sites for hydroxylation is 2. The highest BCUT2D eigenvalue weighted by Gasteiger charge is 2.16. The highest BCUT2D eigenvalue weighted by Crippen LogP contribution is 2.07. The van der Waals surface area contributed by atoms with E-state index >= 15 is 0 Å². The van der Waals surface area contributed by atoms with E-state index in [4.69, 9.17) is 0 Å². The highest BCUT2D eigenvalue weighted by atomic mass is 32.2. The summed E-state index contributed by atoms with van der Waals surface area (Å²) in [5, 5.41) is 4.07. The molecule has 0 bridgehead atoms. The van der Waals surface area contributed by atoms with Gasteiger partial charge in [-0.3, -0.25) is 4.79 Å². The van der Waals surface area contributed by atoms with E-state index in [1.165, 1.54) is 10.5 Å². The van der Waals surface area contributed by atoms with E-state index in [-0.39, 0.29) is 5.91 Å². The van der Waals surface area contributed by atoms with Gasteiger partial charge in [0.2, 0.25) is 0 Å². The fourth-order valence-electron chi connectivity index (χ4n) is 2.18. The molecule has 1 aliphatic heterocycles. The number of nitrogens with zero attached hydrogens (tertiary/aromatic N) is 1. The Morgan fingerprint density at radius 2 is 2.15 bits per heavy atom. The standard InChI is InChI=1S/C15H21N3OS/c1-12-3-4-13(2)14(9-12)10-16-17-15(19)11-18-5-7-20-8-6-18/h3-4,9-10H,5-8,11H2,1-2H3,(H,17,19)/p+1/b16-10-. The van der Waals surface area contributed by atoms with Crippen LogP contribution in [0.5, 0.6) is 0 Å². The quantitative estimate of drug-likeness (QED) is 0.623. The molecule has 4 nitrogen and oxygen atoms in total. The minimum atomic E-state index is -0.00606. The zero-order valence-corrected chi connectivity index (χ0v) is 12.9. The zero-order chi connectivity index (χ0) is 14.4. The van der Waals surface area contributed by atoms with Gasteiger partial charge in [0.05, 0.1) is 19.3 Å². The smallest absolute Gasteiger partial charge is 0.295 e. The Labute approximate surface area is 124 Å². The molecule has 1 fully saturated rings. The summed E-state index contributed by atoms with van der Waals surface area (Å²) in [6, 6.07) is 6.20. The molecule has 1 aromatic carbocycles. The summed E-state index contributed by atoms with van der Waals surface area (Å²) >= 11 is 1.96. The number of carbonyl (C=O) groups is 1. The molecule has 0 saturated carbocycles. The largest absolute Gasteiger partial charge is 0.326 e. The minimum absolute atomic E-state index is 0.00606. The highest BCUT2D eigenvalue weighted by molar-refractivity contribution is 7.99. The number of hydrazone groups is 1. The number of carbonyl (C=O) groups excluding carboxylic acids is 1. The Kier molecular flexibility index (Phi) is 5.61. The molecule has 0 spiro atoms. The van der Waals surface area contributed by atoms with Gasteiger partial charge < -0.3 is 4.90 Å². The molecule has 1 aliphatic rings. The average Bonchev–Trinajstić information content (AvgIpc) is 2.44. The van der Waals surface area contributed by atoms with Crippen molar-refractivity contribution in [2.75, 3.05) is 31.1 Å². The van der Waals surface area contributed by atoms with Gasteiger partial charge in [-0.2, -0.15) is 16.9 Å². The van der Waals surface area contributed by atoms with E-state index in [1.807, 2.05) is 25.6 Å². The van der Waals surface area contributed by atoms with Crippen molar-refractivity contribution in [2.24, 2.45) is 5.10 Å². The second-order valence-electron chi connectivity index (χ2n) is 5.19. The molecular formula is C15H22N3OS+. The Morgan fingerprint density at radius 1 is 1.40 bits per heavy atom. The van der Waals surface area contributed by atoms with Crippen molar-refractivity contribution in [3.63, 3.8) is 0 Å². The van der Waals surface area contributed by atoms with Crippen molar-refractivity contribution < 1.29 is 9.69 Å². The van der Waals surface area contributed by atoms with Gasteiger partial charge in [0.25, 0.3) is 5.91 Å². The lowest BCUT2D eigenvalue weighted by molar-refractivity contribution is -0.888. The summed E-state index contributed by atoms with van der Waals surface area (Å²) in [5.74, 6) is 2.29. The number of nitrogens with one attached hydrogen (secondary N) is 2. The molecule has 0 aliphatic carbocycles. The molecule has 0 radical (unpaired) electrons. The third-order valence-corrected chi connectivity index (χ3v) is 4.42. The maximum absolute atomic E-state index is 11.8. The van der Waals surface area contributed by atoms with Crippen LogP contribution < -0.4 is 10.3 Å². The van der Waals surface area contributed by atoms with Gasteiger partial charge >= 0.3 is 0 Å². The van der Waals surface area contributed by atoms with Crippen molar-refractivity contribution in [1.82, 2.24) is 5.43 Å². The predicted octanol–water partition coefficient (Wildman–Crippen LogP) is 0.385. The number of quaternary nitrogens is 1. The maximum Gasteiger partial charge on any atom is 0.295 e. The first-order chi connectivity index (χ1) is 9.65. The average molecular weight is 292 g/mol. The lowest BCUT2D eigenvalue weighted by atomic mass is 10.1. The molecule has 108 valence electrons. The molecule has 0 atom stereocenters. The monoisotopic (exact) mass is 292 g/mol. The van der Waals surface area contributed by atoms with Crippen LogP contribution in [-0.2, 0) is 4.79 Å². The van der Waals surface area contributed by atoms with Crippen LogP contribution in [0.4, 0.5) is 0 Å². The Morgan fingerprint density at radius 3 is 2.90 bits per heavy atom. The SMILES string of the molecule is Cc1ccc(C)c(/C=N\NC(=O)C[NH+]2CCSCC2)c1. The third kappa shape index (κ3) is 4.65. The van der Waals surface area contributed by atoms with Crippen LogP contribution in [0.25, 0.3) is 0 Å². The van der Waals surface area contributed by atoms with Crippen LogP contribution in [0.1, 0.15) is 16.7 Å². The van der Waals surface area contributed by atoms with E-state index in [9.17, 15) is 4.79 Å². The van der Waals surface area contributed by atoms with Gasteiger partial charge in [-0.15, -0.1) is 0 Å². The summed E-state index contributed by atoms with van der Waals surface area (Å²) < 4.78 is 0. The number of hydrogen-bond donors (Lipinski definition) is 2. The van der Waals surface area contributed by atoms with Gasteiger partial charge in [-0.25, -0.2) is 5.43 Å². The topological polar surface area (TPSA) is 45.9 Å². The van der Waals surface area contributed by atoms with Gasteiger partial charge in [0.15, 0.2) is 6.54 Å². The zero-order valence-electron chi connectivity index (χ0n) is 12.1. The van der Waals surface area contributed by atoms with Gasteiger partial charge in [0.1, 0.15) is 0 Å². The van der Waals surface area contributed by atoms with E-state index in [2.05, 4.69) is 28.7 Å². The minimum Gasteiger partial charge on any atom is -0.326 e. The van der Waals surface area contributed by atoms with Crippen molar-refractivity contribution in [3.05, 3.63) is 34.9 Å². The number of rotatable bonds is 4. The number of thioether (sulfide) groups is 1. The first-order valence-electron chi connectivity index (χ1n) is 6.95. The predicted molar refractivity (Wildman–Crippen MR) is 84.5 cm³/mol. The summed E-state index contributed by atoms with van der Waals surface area (Å²) in [4.78, 5) is 13.2. The van der Waals surface area contributed by atoms with Gasteiger partial charge in [0, 0.05) is 11.5 Å². The molecule has 2 rings (SSSR count). The normalized spacial score (nSPS) is 16.5. The van der Waals surface area contributed by atoms with E-state index < -0.39 is 0 Å². The second kappa shape index (κ2) is 7.45. The van der Waals surface area contributed by atoms with Crippen molar-refractivity contribution in [1.29, 1.82) is 0 Å². The molecule has 1 amide bonds. The first-order valence-corrected chi connectivity index (χ1v) is 8.11. The molecule has 0 unspecified atom stereocenters. The first kappa shape index (κ1) is 15.1. The van der Waals surface area contributed by atoms with Gasteiger partial charge in [-0.05, 0) is 25.0 Å². The lowest BCUT2D eigenvalue weighted by Gasteiger charge is -2.21. The van der Waals surface area contributed by atoms with Gasteiger partial charge in [-0.1, -0.05) is 23.8 Å². The third-order valence-electron chi connectivity index (χ3n) is 3.44. The molecular weight excluding hydrogens is 270 g/mol. The number of benzene rings is 1. The van der Waals surface area contributed by atoms with Crippen molar-refractivity contribution in [2.45, 2.75) is 13.8 Å². The molecule has 1 aromatic rings. The van der Waals surface area contributed by atoms with Crippen molar-refractivity contribution >= 4 is 23.9 Å². The number of amides is 1. The number of hydrogen-bond acceptors (Lipinski definition) is 3. The summed E-state index contributed by atoms with van der Waals surface area (Å²) in [6.45, 7) is 6.74.